The smallest absolute Gasteiger partial charge is 0.240 e. The number of nitrogens with zero attached hydrogens (tertiary/aromatic N) is 1. The lowest BCUT2D eigenvalue weighted by Crippen LogP contribution is -2.41. The van der Waals surface area contributed by atoms with Crippen LogP contribution in [0.15, 0.2) is 35.2 Å². The highest BCUT2D eigenvalue weighted by atomic mass is 32.2. The third-order valence-corrected chi connectivity index (χ3v) is 5.72. The fourth-order valence-corrected chi connectivity index (χ4v) is 4.09. The van der Waals surface area contributed by atoms with E-state index in [1.54, 1.807) is 24.3 Å². The van der Waals surface area contributed by atoms with Crippen LogP contribution < -0.4 is 4.72 Å². The third kappa shape index (κ3) is 4.80. The summed E-state index contributed by atoms with van der Waals surface area (Å²) < 4.78 is 27.0. The molecule has 118 valence electrons. The molecular formula is C16H26N2O2S. The summed E-state index contributed by atoms with van der Waals surface area (Å²) in [5, 5.41) is 0. The number of hydrogen-bond acceptors (Lipinski definition) is 3. The molecule has 0 aliphatic heterocycles. The van der Waals surface area contributed by atoms with Gasteiger partial charge in [-0.1, -0.05) is 44.4 Å². The van der Waals surface area contributed by atoms with Crippen LogP contribution in [0, 0.1) is 0 Å². The maximum Gasteiger partial charge on any atom is 0.240 e. The van der Waals surface area contributed by atoms with Crippen LogP contribution >= 0.6 is 0 Å². The molecule has 0 atom stereocenters. The summed E-state index contributed by atoms with van der Waals surface area (Å²) in [6.45, 7) is 4.40. The number of benzene rings is 1. The Morgan fingerprint density at radius 3 is 2.43 bits per heavy atom. The lowest BCUT2D eigenvalue weighted by Gasteiger charge is -2.33. The summed E-state index contributed by atoms with van der Waals surface area (Å²) in [5.41, 5.74) is 0. The molecule has 1 fully saturated rings. The highest BCUT2D eigenvalue weighted by Crippen LogP contribution is 2.22. The standard InChI is InChI=1S/C16H26N2O2S/c1-2-18(15-9-5-3-6-10-15)14-13-17-21(19,20)16-11-7-4-8-12-16/h4,7-8,11-12,15,17H,2-3,5-6,9-10,13-14H2,1H3. The van der Waals surface area contributed by atoms with Crippen LogP contribution in [0.3, 0.4) is 0 Å². The summed E-state index contributed by atoms with van der Waals surface area (Å²) in [6, 6.07) is 9.19. The quantitative estimate of drug-likeness (QED) is 0.842. The fraction of sp³-hybridized carbons (Fsp3) is 0.625. The Kier molecular flexibility index (Phi) is 6.21. The lowest BCUT2D eigenvalue weighted by atomic mass is 9.94. The van der Waals surface area contributed by atoms with E-state index in [-0.39, 0.29) is 0 Å². The first-order valence-electron chi connectivity index (χ1n) is 7.92. The molecule has 1 saturated carbocycles. The highest BCUT2D eigenvalue weighted by molar-refractivity contribution is 7.89. The van der Waals surface area contributed by atoms with Crippen molar-refractivity contribution in [2.75, 3.05) is 19.6 Å². The van der Waals surface area contributed by atoms with E-state index in [1.807, 2.05) is 6.07 Å². The van der Waals surface area contributed by atoms with Gasteiger partial charge in [0, 0.05) is 19.1 Å². The third-order valence-electron chi connectivity index (χ3n) is 4.24. The molecule has 0 aromatic heterocycles. The van der Waals surface area contributed by atoms with Gasteiger partial charge < -0.3 is 0 Å². The molecule has 1 aliphatic carbocycles. The summed E-state index contributed by atoms with van der Waals surface area (Å²) >= 11 is 0. The van der Waals surface area contributed by atoms with E-state index >= 15 is 0 Å². The number of nitrogens with one attached hydrogen (secondary N) is 1. The van der Waals surface area contributed by atoms with Crippen LogP contribution in [0.2, 0.25) is 0 Å². The van der Waals surface area contributed by atoms with E-state index in [2.05, 4.69) is 16.5 Å². The van der Waals surface area contributed by atoms with E-state index in [4.69, 9.17) is 0 Å². The SMILES string of the molecule is CCN(CCNS(=O)(=O)c1ccccc1)C1CCCCC1. The van der Waals surface area contributed by atoms with Gasteiger partial charge in [0.25, 0.3) is 0 Å². The summed E-state index contributed by atoms with van der Waals surface area (Å²) in [7, 11) is -3.37. The van der Waals surface area contributed by atoms with E-state index in [0.717, 1.165) is 13.1 Å². The highest BCUT2D eigenvalue weighted by Gasteiger charge is 2.20. The minimum Gasteiger partial charge on any atom is -0.299 e. The van der Waals surface area contributed by atoms with Crippen LogP contribution in [-0.4, -0.2) is 39.0 Å². The molecule has 21 heavy (non-hydrogen) atoms. The maximum atomic E-state index is 12.1. The van der Waals surface area contributed by atoms with Crippen LogP contribution in [0.25, 0.3) is 0 Å². The van der Waals surface area contributed by atoms with Crippen LogP contribution in [0.4, 0.5) is 0 Å². The van der Waals surface area contributed by atoms with Gasteiger partial charge >= 0.3 is 0 Å². The molecule has 2 rings (SSSR count). The predicted octanol–water partition coefficient (Wildman–Crippen LogP) is 2.62. The molecule has 5 heteroatoms. The molecule has 1 aromatic carbocycles. The van der Waals surface area contributed by atoms with Crippen LogP contribution in [-0.2, 0) is 10.0 Å². The van der Waals surface area contributed by atoms with Gasteiger partial charge in [-0.15, -0.1) is 0 Å². The van der Waals surface area contributed by atoms with E-state index < -0.39 is 10.0 Å². The number of rotatable bonds is 7. The van der Waals surface area contributed by atoms with Gasteiger partial charge in [-0.2, -0.15) is 0 Å². The first-order chi connectivity index (χ1) is 10.1. The zero-order valence-electron chi connectivity index (χ0n) is 12.8. The Morgan fingerprint density at radius 1 is 1.14 bits per heavy atom. The van der Waals surface area contributed by atoms with Crippen molar-refractivity contribution in [2.45, 2.75) is 50.0 Å². The van der Waals surface area contributed by atoms with Gasteiger partial charge in [0.2, 0.25) is 10.0 Å². The van der Waals surface area contributed by atoms with Gasteiger partial charge in [-0.3, -0.25) is 4.90 Å². The second-order valence-electron chi connectivity index (χ2n) is 5.63. The largest absolute Gasteiger partial charge is 0.299 e. The van der Waals surface area contributed by atoms with Gasteiger partial charge in [0.1, 0.15) is 0 Å². The van der Waals surface area contributed by atoms with Crippen molar-refractivity contribution < 1.29 is 8.42 Å². The van der Waals surface area contributed by atoms with Gasteiger partial charge in [-0.05, 0) is 31.5 Å². The van der Waals surface area contributed by atoms with Gasteiger partial charge in [0.05, 0.1) is 4.90 Å². The average molecular weight is 310 g/mol. The minimum atomic E-state index is -3.37. The Morgan fingerprint density at radius 2 is 1.81 bits per heavy atom. The second-order valence-corrected chi connectivity index (χ2v) is 7.40. The van der Waals surface area contributed by atoms with Gasteiger partial charge in [-0.25, -0.2) is 13.1 Å². The lowest BCUT2D eigenvalue weighted by molar-refractivity contribution is 0.167. The first-order valence-corrected chi connectivity index (χ1v) is 9.40. The zero-order chi connectivity index (χ0) is 15.1. The number of likely N-dealkylation sites (N-methyl/N-ethyl adjacent to an activating group) is 1. The molecule has 0 saturated heterocycles. The summed E-state index contributed by atoms with van der Waals surface area (Å²) in [6.07, 6.45) is 6.45. The average Bonchev–Trinajstić information content (AvgIpc) is 2.53. The number of hydrogen-bond donors (Lipinski definition) is 1. The monoisotopic (exact) mass is 310 g/mol. The van der Waals surface area contributed by atoms with Crippen molar-refractivity contribution in [3.05, 3.63) is 30.3 Å². The molecule has 0 bridgehead atoms. The molecule has 0 heterocycles. The van der Waals surface area contributed by atoms with Crippen molar-refractivity contribution in [2.24, 2.45) is 0 Å². The Hall–Kier alpha value is -0.910. The molecule has 1 N–H and O–H groups in total. The van der Waals surface area contributed by atoms with Crippen LogP contribution in [0.1, 0.15) is 39.0 Å². The van der Waals surface area contributed by atoms with Crippen molar-refractivity contribution in [1.82, 2.24) is 9.62 Å². The molecule has 0 spiro atoms. The zero-order valence-corrected chi connectivity index (χ0v) is 13.6. The Bertz CT molecular complexity index is 510. The van der Waals surface area contributed by atoms with E-state index in [1.165, 1.54) is 32.1 Å². The Balaban J connectivity index is 1.84. The van der Waals surface area contributed by atoms with Crippen LogP contribution in [0.5, 0.6) is 0 Å². The van der Waals surface area contributed by atoms with Crippen molar-refractivity contribution in [1.29, 1.82) is 0 Å². The molecular weight excluding hydrogens is 284 g/mol. The molecule has 0 radical (unpaired) electrons. The van der Waals surface area contributed by atoms with Crippen molar-refractivity contribution >= 4 is 10.0 Å². The molecule has 1 aliphatic rings. The van der Waals surface area contributed by atoms with Crippen molar-refractivity contribution in [3.8, 4) is 0 Å². The number of sulfonamides is 1. The molecule has 1 aromatic rings. The second kappa shape index (κ2) is 7.92. The molecule has 0 amide bonds. The first kappa shape index (κ1) is 16.5. The summed E-state index contributed by atoms with van der Waals surface area (Å²) in [4.78, 5) is 2.75. The topological polar surface area (TPSA) is 49.4 Å². The normalized spacial score (nSPS) is 17.2. The van der Waals surface area contributed by atoms with Crippen molar-refractivity contribution in [3.63, 3.8) is 0 Å². The maximum absolute atomic E-state index is 12.1. The predicted molar refractivity (Wildman–Crippen MR) is 85.8 cm³/mol. The molecule has 4 nitrogen and oxygen atoms in total. The van der Waals surface area contributed by atoms with E-state index in [0.29, 0.717) is 17.5 Å². The van der Waals surface area contributed by atoms with Gasteiger partial charge in [0.15, 0.2) is 0 Å². The summed E-state index contributed by atoms with van der Waals surface area (Å²) in [5.74, 6) is 0. The Labute approximate surface area is 128 Å². The minimum absolute atomic E-state index is 0.339. The van der Waals surface area contributed by atoms with E-state index in [9.17, 15) is 8.42 Å². The fourth-order valence-electron chi connectivity index (χ4n) is 3.05. The molecule has 0 unspecified atom stereocenters.